The molecule has 2 unspecified atom stereocenters. The number of nitrogens with one attached hydrogen (secondary N) is 2. The molecular formula is C10H20N2O2. The van der Waals surface area contributed by atoms with Gasteiger partial charge in [0.1, 0.15) is 0 Å². The first-order valence-corrected chi connectivity index (χ1v) is 5.23. The molecule has 0 aromatic carbocycles. The zero-order valence-corrected chi connectivity index (χ0v) is 9.01. The molecule has 1 aliphatic carbocycles. The summed E-state index contributed by atoms with van der Waals surface area (Å²) in [5.74, 6) is 0.0961. The van der Waals surface area contributed by atoms with E-state index in [0.717, 1.165) is 25.8 Å². The Bertz CT molecular complexity index is 185. The molecule has 0 spiro atoms. The molecule has 1 rings (SSSR count). The summed E-state index contributed by atoms with van der Waals surface area (Å²) in [6, 6.07) is 0.532. The lowest BCUT2D eigenvalue weighted by atomic mass is 10.2. The Morgan fingerprint density at radius 1 is 1.50 bits per heavy atom. The molecule has 0 saturated heterocycles. The van der Waals surface area contributed by atoms with Gasteiger partial charge in [-0.2, -0.15) is 0 Å². The number of carbonyl (C=O) groups is 1. The Morgan fingerprint density at radius 3 is 2.86 bits per heavy atom. The second-order valence-electron chi connectivity index (χ2n) is 3.74. The highest BCUT2D eigenvalue weighted by molar-refractivity contribution is 5.75. The molecule has 82 valence electrons. The van der Waals surface area contributed by atoms with E-state index in [1.165, 1.54) is 0 Å². The first kappa shape index (κ1) is 11.5. The van der Waals surface area contributed by atoms with E-state index in [1.807, 2.05) is 0 Å². The third-order valence-corrected chi connectivity index (χ3v) is 2.78. The van der Waals surface area contributed by atoms with E-state index in [0.29, 0.717) is 18.6 Å². The Balaban J connectivity index is 2.05. The molecule has 2 N–H and O–H groups in total. The summed E-state index contributed by atoms with van der Waals surface area (Å²) in [6.45, 7) is 0.765. The molecule has 0 bridgehead atoms. The number of rotatable bonds is 5. The van der Waals surface area contributed by atoms with Crippen LogP contribution >= 0.6 is 0 Å². The topological polar surface area (TPSA) is 50.4 Å². The van der Waals surface area contributed by atoms with Crippen molar-refractivity contribution < 1.29 is 9.53 Å². The lowest BCUT2D eigenvalue weighted by Gasteiger charge is -2.12. The van der Waals surface area contributed by atoms with Gasteiger partial charge in [-0.3, -0.25) is 4.79 Å². The summed E-state index contributed by atoms with van der Waals surface area (Å²) < 4.78 is 5.27. The average molecular weight is 200 g/mol. The van der Waals surface area contributed by atoms with E-state index in [-0.39, 0.29) is 5.91 Å². The largest absolute Gasteiger partial charge is 0.381 e. The third kappa shape index (κ3) is 3.64. The molecule has 1 fully saturated rings. The van der Waals surface area contributed by atoms with Crippen molar-refractivity contribution in [2.45, 2.75) is 37.8 Å². The summed E-state index contributed by atoms with van der Waals surface area (Å²) in [5, 5.41) is 5.98. The number of methoxy groups -OCH3 is 1. The summed E-state index contributed by atoms with van der Waals surface area (Å²) >= 11 is 0. The second-order valence-corrected chi connectivity index (χ2v) is 3.74. The number of hydrogen-bond donors (Lipinski definition) is 2. The first-order valence-electron chi connectivity index (χ1n) is 5.23. The number of ether oxygens (including phenoxy) is 1. The van der Waals surface area contributed by atoms with Crippen LogP contribution < -0.4 is 10.6 Å². The molecular weight excluding hydrogens is 180 g/mol. The average Bonchev–Trinajstić information content (AvgIpc) is 2.65. The van der Waals surface area contributed by atoms with Gasteiger partial charge in [0.15, 0.2) is 0 Å². The Labute approximate surface area is 85.4 Å². The van der Waals surface area contributed by atoms with Crippen LogP contribution in [-0.4, -0.2) is 38.8 Å². The molecule has 0 radical (unpaired) electrons. The van der Waals surface area contributed by atoms with Crippen LogP contribution in [0.2, 0.25) is 0 Å². The smallest absolute Gasteiger partial charge is 0.221 e. The predicted molar refractivity (Wildman–Crippen MR) is 55.1 cm³/mol. The fraction of sp³-hybridized carbons (Fsp3) is 0.900. The van der Waals surface area contributed by atoms with Gasteiger partial charge < -0.3 is 15.4 Å². The monoisotopic (exact) mass is 200 g/mol. The number of hydrogen-bond acceptors (Lipinski definition) is 3. The van der Waals surface area contributed by atoms with E-state index < -0.39 is 0 Å². The lowest BCUT2D eigenvalue weighted by Crippen LogP contribution is -2.31. The zero-order valence-electron chi connectivity index (χ0n) is 9.01. The predicted octanol–water partition coefficient (Wildman–Crippen LogP) is 0.280. The van der Waals surface area contributed by atoms with Gasteiger partial charge in [0.2, 0.25) is 5.91 Å². The van der Waals surface area contributed by atoms with E-state index in [1.54, 1.807) is 14.2 Å². The SMILES string of the molecule is CNC(=O)CCNC1CCC(OC)C1. The van der Waals surface area contributed by atoms with E-state index in [2.05, 4.69) is 10.6 Å². The fourth-order valence-corrected chi connectivity index (χ4v) is 1.85. The summed E-state index contributed by atoms with van der Waals surface area (Å²) in [6.07, 6.45) is 4.34. The first-order chi connectivity index (χ1) is 6.76. The van der Waals surface area contributed by atoms with Crippen LogP contribution in [-0.2, 0) is 9.53 Å². The van der Waals surface area contributed by atoms with Crippen molar-refractivity contribution in [2.24, 2.45) is 0 Å². The maximum atomic E-state index is 10.9. The molecule has 2 atom stereocenters. The molecule has 14 heavy (non-hydrogen) atoms. The highest BCUT2D eigenvalue weighted by atomic mass is 16.5. The standard InChI is InChI=1S/C10H20N2O2/c1-11-10(13)5-6-12-8-3-4-9(7-8)14-2/h8-9,12H,3-7H2,1-2H3,(H,11,13). The van der Waals surface area contributed by atoms with Gasteiger partial charge in [0, 0.05) is 33.2 Å². The van der Waals surface area contributed by atoms with Crippen molar-refractivity contribution >= 4 is 5.91 Å². The van der Waals surface area contributed by atoms with E-state index >= 15 is 0 Å². The molecule has 0 aromatic rings. The van der Waals surface area contributed by atoms with Gasteiger partial charge in [-0.25, -0.2) is 0 Å². The van der Waals surface area contributed by atoms with Crippen LogP contribution in [0.15, 0.2) is 0 Å². The van der Waals surface area contributed by atoms with Crippen LogP contribution in [0, 0.1) is 0 Å². The van der Waals surface area contributed by atoms with Crippen molar-refractivity contribution in [3.05, 3.63) is 0 Å². The van der Waals surface area contributed by atoms with Crippen LogP contribution in [0.3, 0.4) is 0 Å². The van der Waals surface area contributed by atoms with Crippen LogP contribution in [0.4, 0.5) is 0 Å². The van der Waals surface area contributed by atoms with Crippen LogP contribution in [0.1, 0.15) is 25.7 Å². The van der Waals surface area contributed by atoms with Crippen molar-refractivity contribution in [3.63, 3.8) is 0 Å². The van der Waals surface area contributed by atoms with Gasteiger partial charge in [0.25, 0.3) is 0 Å². The zero-order chi connectivity index (χ0) is 10.4. The normalized spacial score (nSPS) is 26.4. The van der Waals surface area contributed by atoms with Crippen molar-refractivity contribution in [3.8, 4) is 0 Å². The molecule has 4 heteroatoms. The van der Waals surface area contributed by atoms with Gasteiger partial charge in [-0.15, -0.1) is 0 Å². The van der Waals surface area contributed by atoms with Crippen LogP contribution in [0.5, 0.6) is 0 Å². The molecule has 1 amide bonds. The minimum Gasteiger partial charge on any atom is -0.381 e. The molecule has 4 nitrogen and oxygen atoms in total. The minimum atomic E-state index is 0.0961. The molecule has 0 aromatic heterocycles. The molecule has 0 aliphatic heterocycles. The quantitative estimate of drug-likeness (QED) is 0.670. The highest BCUT2D eigenvalue weighted by Gasteiger charge is 2.23. The third-order valence-electron chi connectivity index (χ3n) is 2.78. The molecule has 0 heterocycles. The summed E-state index contributed by atoms with van der Waals surface area (Å²) in [5.41, 5.74) is 0. The minimum absolute atomic E-state index is 0.0961. The van der Waals surface area contributed by atoms with Gasteiger partial charge in [-0.05, 0) is 19.3 Å². The highest BCUT2D eigenvalue weighted by Crippen LogP contribution is 2.21. The Hall–Kier alpha value is -0.610. The summed E-state index contributed by atoms with van der Waals surface area (Å²) in [7, 11) is 3.43. The van der Waals surface area contributed by atoms with E-state index in [9.17, 15) is 4.79 Å². The lowest BCUT2D eigenvalue weighted by molar-refractivity contribution is -0.120. The molecule has 1 saturated carbocycles. The van der Waals surface area contributed by atoms with Gasteiger partial charge >= 0.3 is 0 Å². The Kier molecular flexibility index (Phi) is 4.90. The van der Waals surface area contributed by atoms with Gasteiger partial charge in [-0.1, -0.05) is 0 Å². The number of carbonyl (C=O) groups excluding carboxylic acids is 1. The molecule has 1 aliphatic rings. The summed E-state index contributed by atoms with van der Waals surface area (Å²) in [4.78, 5) is 10.9. The van der Waals surface area contributed by atoms with Crippen molar-refractivity contribution in [1.29, 1.82) is 0 Å². The van der Waals surface area contributed by atoms with E-state index in [4.69, 9.17) is 4.74 Å². The second kappa shape index (κ2) is 5.98. The van der Waals surface area contributed by atoms with Gasteiger partial charge in [0.05, 0.1) is 6.10 Å². The maximum Gasteiger partial charge on any atom is 0.221 e. The maximum absolute atomic E-state index is 10.9. The number of amides is 1. The fourth-order valence-electron chi connectivity index (χ4n) is 1.85. The van der Waals surface area contributed by atoms with Crippen LogP contribution in [0.25, 0.3) is 0 Å². The Morgan fingerprint density at radius 2 is 2.29 bits per heavy atom. The van der Waals surface area contributed by atoms with Crippen molar-refractivity contribution in [1.82, 2.24) is 10.6 Å². The van der Waals surface area contributed by atoms with Crippen molar-refractivity contribution in [2.75, 3.05) is 20.7 Å².